The third kappa shape index (κ3) is 2.86. The number of ether oxygens (including phenoxy) is 2. The summed E-state index contributed by atoms with van der Waals surface area (Å²) in [4.78, 5) is 0. The number of hydrogen-bond acceptors (Lipinski definition) is 2. The Morgan fingerprint density at radius 1 is 1.27 bits per heavy atom. The minimum Gasteiger partial charge on any atom is -0.490 e. The van der Waals surface area contributed by atoms with Crippen molar-refractivity contribution in [3.05, 3.63) is 30.3 Å². The molecular formula is C12H18O2Si. The van der Waals surface area contributed by atoms with Crippen LogP contribution in [0.2, 0.25) is 0 Å². The van der Waals surface area contributed by atoms with Crippen LogP contribution in [0.3, 0.4) is 0 Å². The van der Waals surface area contributed by atoms with E-state index in [0.29, 0.717) is 13.2 Å². The van der Waals surface area contributed by atoms with Gasteiger partial charge < -0.3 is 9.47 Å². The number of benzene rings is 1. The van der Waals surface area contributed by atoms with E-state index in [1.54, 1.807) is 0 Å². The number of rotatable bonds is 5. The second-order valence-corrected chi connectivity index (χ2v) is 4.49. The predicted molar refractivity (Wildman–Crippen MR) is 67.8 cm³/mol. The summed E-state index contributed by atoms with van der Waals surface area (Å²) < 4.78 is 11.1. The van der Waals surface area contributed by atoms with Gasteiger partial charge in [0.05, 0.1) is 13.2 Å². The van der Waals surface area contributed by atoms with E-state index in [1.807, 2.05) is 32.0 Å². The lowest BCUT2D eigenvalue weighted by Gasteiger charge is -2.14. The molecule has 0 unspecified atom stereocenters. The van der Waals surface area contributed by atoms with Crippen LogP contribution in [-0.4, -0.2) is 23.5 Å². The summed E-state index contributed by atoms with van der Waals surface area (Å²) in [7, 11) is 0.934. The zero-order valence-electron chi connectivity index (χ0n) is 9.67. The van der Waals surface area contributed by atoms with Gasteiger partial charge in [0.1, 0.15) is 0 Å². The molecule has 0 N–H and O–H groups in total. The molecule has 0 aliphatic heterocycles. The monoisotopic (exact) mass is 222 g/mol. The molecule has 1 aromatic rings. The molecule has 0 aliphatic rings. The first kappa shape index (κ1) is 11.8. The van der Waals surface area contributed by atoms with Crippen molar-refractivity contribution in [2.24, 2.45) is 0 Å². The number of hydrogen-bond donors (Lipinski definition) is 0. The zero-order chi connectivity index (χ0) is 11.3. The standard InChI is InChI=1S/C12H18O2Si/c1-4-13-11-8-6-7-10(9(3)15)12(11)14-5-2/h6-8H,3-5H2,1-2,15H3. The highest BCUT2D eigenvalue weighted by atomic mass is 28.1. The van der Waals surface area contributed by atoms with Crippen molar-refractivity contribution in [2.75, 3.05) is 13.2 Å². The molecular weight excluding hydrogens is 204 g/mol. The molecule has 0 bridgehead atoms. The molecule has 15 heavy (non-hydrogen) atoms. The second-order valence-electron chi connectivity index (χ2n) is 3.28. The van der Waals surface area contributed by atoms with Gasteiger partial charge in [-0.3, -0.25) is 0 Å². The Bertz CT molecular complexity index is 347. The number of para-hydroxylation sites is 1. The van der Waals surface area contributed by atoms with Crippen LogP contribution in [0.4, 0.5) is 0 Å². The smallest absolute Gasteiger partial charge is 0.168 e. The molecule has 0 amide bonds. The molecule has 0 atom stereocenters. The van der Waals surface area contributed by atoms with E-state index in [1.165, 1.54) is 0 Å². The highest BCUT2D eigenvalue weighted by Crippen LogP contribution is 2.34. The lowest BCUT2D eigenvalue weighted by Crippen LogP contribution is -2.01. The maximum atomic E-state index is 5.62. The highest BCUT2D eigenvalue weighted by molar-refractivity contribution is 6.42. The Hall–Kier alpha value is -1.22. The zero-order valence-corrected chi connectivity index (χ0v) is 11.7. The van der Waals surface area contributed by atoms with Gasteiger partial charge in [-0.1, -0.05) is 17.3 Å². The van der Waals surface area contributed by atoms with Gasteiger partial charge in [0.15, 0.2) is 11.5 Å². The van der Waals surface area contributed by atoms with Crippen molar-refractivity contribution >= 4 is 15.4 Å². The minimum atomic E-state index is 0.645. The van der Waals surface area contributed by atoms with Crippen LogP contribution >= 0.6 is 0 Å². The maximum Gasteiger partial charge on any atom is 0.168 e. The summed E-state index contributed by atoms with van der Waals surface area (Å²) in [6.07, 6.45) is 0. The summed E-state index contributed by atoms with van der Waals surface area (Å²) in [5.74, 6) is 1.65. The van der Waals surface area contributed by atoms with E-state index in [9.17, 15) is 0 Å². The van der Waals surface area contributed by atoms with Gasteiger partial charge >= 0.3 is 0 Å². The van der Waals surface area contributed by atoms with Crippen LogP contribution < -0.4 is 9.47 Å². The molecule has 0 spiro atoms. The highest BCUT2D eigenvalue weighted by Gasteiger charge is 2.10. The van der Waals surface area contributed by atoms with Gasteiger partial charge in [0.2, 0.25) is 0 Å². The SMILES string of the molecule is C=C([SiH3])c1cccc(OCC)c1OCC. The maximum absolute atomic E-state index is 5.62. The Morgan fingerprint density at radius 3 is 2.47 bits per heavy atom. The molecule has 82 valence electrons. The molecule has 0 saturated heterocycles. The molecule has 1 rings (SSSR count). The molecule has 0 aliphatic carbocycles. The van der Waals surface area contributed by atoms with Crippen LogP contribution in [0.25, 0.3) is 5.20 Å². The molecule has 1 aromatic carbocycles. The van der Waals surface area contributed by atoms with Gasteiger partial charge in [0.25, 0.3) is 0 Å². The van der Waals surface area contributed by atoms with Crippen molar-refractivity contribution in [1.29, 1.82) is 0 Å². The van der Waals surface area contributed by atoms with Crippen LogP contribution in [0, 0.1) is 0 Å². The normalized spacial score (nSPS) is 10.0. The Morgan fingerprint density at radius 2 is 1.93 bits per heavy atom. The fourth-order valence-electron chi connectivity index (χ4n) is 1.41. The van der Waals surface area contributed by atoms with Crippen LogP contribution in [0.15, 0.2) is 24.8 Å². The largest absolute Gasteiger partial charge is 0.490 e. The van der Waals surface area contributed by atoms with E-state index in [2.05, 4.69) is 6.58 Å². The fraction of sp³-hybridized carbons (Fsp3) is 0.333. The molecule has 0 fully saturated rings. The van der Waals surface area contributed by atoms with Crippen LogP contribution in [0.1, 0.15) is 19.4 Å². The Labute approximate surface area is 94.3 Å². The topological polar surface area (TPSA) is 18.5 Å². The first-order valence-corrected chi connectivity index (χ1v) is 6.25. The average Bonchev–Trinajstić information content (AvgIpc) is 2.21. The van der Waals surface area contributed by atoms with Crippen LogP contribution in [-0.2, 0) is 0 Å². The average molecular weight is 222 g/mol. The Kier molecular flexibility index (Phi) is 4.43. The molecule has 3 heteroatoms. The second kappa shape index (κ2) is 5.61. The van der Waals surface area contributed by atoms with Crippen molar-refractivity contribution in [2.45, 2.75) is 13.8 Å². The summed E-state index contributed by atoms with van der Waals surface area (Å²) in [5, 5.41) is 1.13. The third-order valence-corrected chi connectivity index (χ3v) is 2.57. The summed E-state index contributed by atoms with van der Waals surface area (Å²) >= 11 is 0. The summed E-state index contributed by atoms with van der Waals surface area (Å²) in [6, 6.07) is 5.94. The molecule has 0 radical (unpaired) electrons. The lowest BCUT2D eigenvalue weighted by atomic mass is 10.2. The lowest BCUT2D eigenvalue weighted by molar-refractivity contribution is 0.287. The van der Waals surface area contributed by atoms with Gasteiger partial charge in [-0.05, 0) is 19.9 Å². The molecule has 2 nitrogen and oxygen atoms in total. The summed E-state index contributed by atoms with van der Waals surface area (Å²) in [5.41, 5.74) is 1.08. The van der Waals surface area contributed by atoms with Crippen molar-refractivity contribution < 1.29 is 9.47 Å². The van der Waals surface area contributed by atoms with Gasteiger partial charge in [-0.2, -0.15) is 0 Å². The van der Waals surface area contributed by atoms with E-state index < -0.39 is 0 Å². The van der Waals surface area contributed by atoms with E-state index in [4.69, 9.17) is 9.47 Å². The quantitative estimate of drug-likeness (QED) is 0.708. The first-order valence-electron chi connectivity index (χ1n) is 5.25. The first-order chi connectivity index (χ1) is 7.20. The predicted octanol–water partition coefficient (Wildman–Crippen LogP) is 1.82. The van der Waals surface area contributed by atoms with Gasteiger partial charge in [0, 0.05) is 15.8 Å². The van der Waals surface area contributed by atoms with Crippen LogP contribution in [0.5, 0.6) is 11.5 Å². The fourth-order valence-corrected chi connectivity index (χ4v) is 1.81. The van der Waals surface area contributed by atoms with Crippen molar-refractivity contribution in [3.8, 4) is 11.5 Å². The molecule has 0 saturated carbocycles. The van der Waals surface area contributed by atoms with Gasteiger partial charge in [-0.15, -0.1) is 6.58 Å². The van der Waals surface area contributed by atoms with E-state index >= 15 is 0 Å². The molecule has 0 heterocycles. The van der Waals surface area contributed by atoms with Gasteiger partial charge in [-0.25, -0.2) is 0 Å². The van der Waals surface area contributed by atoms with Crippen molar-refractivity contribution in [1.82, 2.24) is 0 Å². The molecule has 0 aromatic heterocycles. The van der Waals surface area contributed by atoms with E-state index in [-0.39, 0.29) is 0 Å². The van der Waals surface area contributed by atoms with E-state index in [0.717, 1.165) is 32.5 Å². The van der Waals surface area contributed by atoms with Crippen molar-refractivity contribution in [3.63, 3.8) is 0 Å². The Balaban J connectivity index is 3.15. The summed E-state index contributed by atoms with van der Waals surface area (Å²) in [6.45, 7) is 9.24. The minimum absolute atomic E-state index is 0.645. The third-order valence-electron chi connectivity index (χ3n) is 2.03.